The molecule has 2 rings (SSSR count). The van der Waals surface area contributed by atoms with Crippen molar-refractivity contribution in [3.05, 3.63) is 58.9 Å². The molecule has 6 heteroatoms. The number of nitrogens with zero attached hydrogens (tertiary/aromatic N) is 1. The number of benzene rings is 1. The second-order valence-electron chi connectivity index (χ2n) is 4.41. The fourth-order valence-electron chi connectivity index (χ4n) is 2.02. The first-order valence-electron chi connectivity index (χ1n) is 6.27. The van der Waals surface area contributed by atoms with Gasteiger partial charge in [0.2, 0.25) is 11.3 Å². The van der Waals surface area contributed by atoms with Gasteiger partial charge in [-0.25, -0.2) is 4.79 Å². The third-order valence-corrected chi connectivity index (χ3v) is 2.98. The fourth-order valence-corrected chi connectivity index (χ4v) is 2.02. The van der Waals surface area contributed by atoms with Crippen LogP contribution in [0.25, 0.3) is 10.9 Å². The number of pyridine rings is 1. The van der Waals surface area contributed by atoms with E-state index < -0.39 is 11.4 Å². The molecular formula is C15H14N2O4. The Labute approximate surface area is 120 Å². The zero-order valence-corrected chi connectivity index (χ0v) is 11.2. The normalized spacial score (nSPS) is 10.3. The van der Waals surface area contributed by atoms with Gasteiger partial charge in [0.05, 0.1) is 5.52 Å². The van der Waals surface area contributed by atoms with Crippen LogP contribution in [0.4, 0.5) is 0 Å². The molecule has 1 amide bonds. The summed E-state index contributed by atoms with van der Waals surface area (Å²) < 4.78 is 1.46. The molecule has 0 aliphatic rings. The first kappa shape index (κ1) is 14.5. The maximum absolute atomic E-state index is 12.1. The van der Waals surface area contributed by atoms with Crippen molar-refractivity contribution in [2.24, 2.45) is 0 Å². The number of carbonyl (C=O) groups is 2. The molecule has 21 heavy (non-hydrogen) atoms. The van der Waals surface area contributed by atoms with Crippen molar-refractivity contribution in [2.75, 3.05) is 6.54 Å². The molecule has 0 saturated carbocycles. The van der Waals surface area contributed by atoms with Crippen molar-refractivity contribution in [1.29, 1.82) is 0 Å². The van der Waals surface area contributed by atoms with Crippen LogP contribution in [0.15, 0.2) is 47.9 Å². The topological polar surface area (TPSA) is 88.4 Å². The third-order valence-electron chi connectivity index (χ3n) is 2.98. The lowest BCUT2D eigenvalue weighted by Gasteiger charge is -2.11. The highest BCUT2D eigenvalue weighted by atomic mass is 16.4. The van der Waals surface area contributed by atoms with Gasteiger partial charge in [-0.05, 0) is 12.1 Å². The van der Waals surface area contributed by atoms with Gasteiger partial charge in [-0.3, -0.25) is 9.59 Å². The van der Waals surface area contributed by atoms with Crippen molar-refractivity contribution >= 4 is 22.8 Å². The van der Waals surface area contributed by atoms with Crippen LogP contribution in [0.1, 0.15) is 10.4 Å². The molecule has 108 valence electrons. The van der Waals surface area contributed by atoms with Gasteiger partial charge in [-0.15, -0.1) is 6.58 Å². The van der Waals surface area contributed by atoms with Gasteiger partial charge >= 0.3 is 5.97 Å². The summed E-state index contributed by atoms with van der Waals surface area (Å²) in [5, 5.41) is 12.0. The highest BCUT2D eigenvalue weighted by Gasteiger charge is 2.15. The number of aromatic nitrogens is 1. The zero-order valence-electron chi connectivity index (χ0n) is 11.2. The molecule has 1 heterocycles. The van der Waals surface area contributed by atoms with Crippen LogP contribution in [0.2, 0.25) is 0 Å². The molecule has 6 nitrogen and oxygen atoms in total. The number of carboxylic acid groups (broad SMARTS) is 1. The Hall–Kier alpha value is -2.89. The number of amides is 1. The number of aromatic carboxylic acids is 1. The number of carboxylic acids is 1. The molecule has 2 aromatic rings. The van der Waals surface area contributed by atoms with Crippen molar-refractivity contribution in [1.82, 2.24) is 9.88 Å². The van der Waals surface area contributed by atoms with E-state index in [4.69, 9.17) is 5.11 Å². The molecule has 0 radical (unpaired) electrons. The minimum atomic E-state index is -1.31. The van der Waals surface area contributed by atoms with Gasteiger partial charge in [0.25, 0.3) is 0 Å². The second kappa shape index (κ2) is 6.04. The van der Waals surface area contributed by atoms with Gasteiger partial charge in [-0.1, -0.05) is 18.2 Å². The van der Waals surface area contributed by atoms with Gasteiger partial charge in [0.15, 0.2) is 0 Å². The van der Waals surface area contributed by atoms with E-state index in [1.165, 1.54) is 10.8 Å². The number of carbonyl (C=O) groups excluding carboxylic acids is 1. The van der Waals surface area contributed by atoms with Crippen molar-refractivity contribution in [3.8, 4) is 0 Å². The number of nitrogens with one attached hydrogen (secondary N) is 1. The number of hydrogen-bond donors (Lipinski definition) is 2. The number of para-hydroxylation sites is 1. The van der Waals surface area contributed by atoms with Crippen LogP contribution in [0, 0.1) is 0 Å². The second-order valence-corrected chi connectivity index (χ2v) is 4.41. The number of fused-ring (bicyclic) bond motifs is 1. The minimum absolute atomic E-state index is 0.0745. The van der Waals surface area contributed by atoms with Gasteiger partial charge in [-0.2, -0.15) is 0 Å². The average Bonchev–Trinajstić information content (AvgIpc) is 2.47. The molecule has 1 aromatic heterocycles. The lowest BCUT2D eigenvalue weighted by atomic mass is 10.1. The van der Waals surface area contributed by atoms with Crippen molar-refractivity contribution in [3.63, 3.8) is 0 Å². The largest absolute Gasteiger partial charge is 0.477 e. The summed E-state index contributed by atoms with van der Waals surface area (Å²) in [5.74, 6) is -1.61. The zero-order chi connectivity index (χ0) is 15.4. The smallest absolute Gasteiger partial charge is 0.341 e. The summed E-state index contributed by atoms with van der Waals surface area (Å²) in [6, 6.07) is 6.59. The Morgan fingerprint density at radius 2 is 2.05 bits per heavy atom. The van der Waals surface area contributed by atoms with E-state index in [0.717, 1.165) is 0 Å². The van der Waals surface area contributed by atoms with Crippen LogP contribution in [0.3, 0.4) is 0 Å². The van der Waals surface area contributed by atoms with E-state index in [2.05, 4.69) is 11.9 Å². The Kier molecular flexibility index (Phi) is 4.18. The molecular weight excluding hydrogens is 272 g/mol. The number of hydrogen-bond acceptors (Lipinski definition) is 3. The van der Waals surface area contributed by atoms with Crippen LogP contribution in [0.5, 0.6) is 0 Å². The van der Waals surface area contributed by atoms with Crippen molar-refractivity contribution in [2.45, 2.75) is 6.54 Å². The molecule has 0 bridgehead atoms. The summed E-state index contributed by atoms with van der Waals surface area (Å²) in [6.07, 6.45) is 2.74. The monoisotopic (exact) mass is 286 g/mol. The molecule has 0 saturated heterocycles. The average molecular weight is 286 g/mol. The third kappa shape index (κ3) is 3.00. The van der Waals surface area contributed by atoms with Gasteiger partial charge < -0.3 is 15.0 Å². The summed E-state index contributed by atoms with van der Waals surface area (Å²) in [7, 11) is 0. The van der Waals surface area contributed by atoms with Gasteiger partial charge in [0, 0.05) is 18.1 Å². The Morgan fingerprint density at radius 3 is 2.71 bits per heavy atom. The Bertz CT molecular complexity index is 777. The van der Waals surface area contributed by atoms with Crippen LogP contribution >= 0.6 is 0 Å². The lowest BCUT2D eigenvalue weighted by molar-refractivity contribution is -0.121. The van der Waals surface area contributed by atoms with E-state index in [0.29, 0.717) is 12.1 Å². The van der Waals surface area contributed by atoms with E-state index >= 15 is 0 Å². The molecule has 0 fully saturated rings. The summed E-state index contributed by atoms with van der Waals surface area (Å²) >= 11 is 0. The van der Waals surface area contributed by atoms with Crippen LogP contribution < -0.4 is 10.7 Å². The van der Waals surface area contributed by atoms with Crippen molar-refractivity contribution < 1.29 is 14.7 Å². The highest BCUT2D eigenvalue weighted by Crippen LogP contribution is 2.11. The van der Waals surface area contributed by atoms with E-state index in [-0.39, 0.29) is 23.4 Å². The molecule has 1 aromatic carbocycles. The SMILES string of the molecule is C=CCNC(=O)Cn1cc(C(=O)O)c(=O)c2ccccc21. The van der Waals surface area contributed by atoms with Crippen LogP contribution in [-0.4, -0.2) is 28.1 Å². The molecule has 0 aliphatic carbocycles. The van der Waals surface area contributed by atoms with E-state index in [1.54, 1.807) is 30.3 Å². The molecule has 2 N–H and O–H groups in total. The van der Waals surface area contributed by atoms with Gasteiger partial charge in [0.1, 0.15) is 12.1 Å². The summed E-state index contributed by atoms with van der Waals surface area (Å²) in [4.78, 5) is 35.0. The Morgan fingerprint density at radius 1 is 1.33 bits per heavy atom. The predicted octanol–water partition coefficient (Wildman–Crippen LogP) is 1.00. The van der Waals surface area contributed by atoms with E-state index in [9.17, 15) is 14.4 Å². The maximum Gasteiger partial charge on any atom is 0.341 e. The quantitative estimate of drug-likeness (QED) is 0.803. The summed E-state index contributed by atoms with van der Waals surface area (Å²) in [6.45, 7) is 3.75. The first-order valence-corrected chi connectivity index (χ1v) is 6.27. The molecule has 0 aliphatic heterocycles. The number of rotatable bonds is 5. The first-order chi connectivity index (χ1) is 10.0. The predicted molar refractivity (Wildman–Crippen MR) is 78.4 cm³/mol. The highest BCUT2D eigenvalue weighted by molar-refractivity contribution is 5.93. The molecule has 0 spiro atoms. The standard InChI is InChI=1S/C15H14N2O4/c1-2-7-16-13(18)9-17-8-11(15(20)21)14(19)10-5-3-4-6-12(10)17/h2-6,8H,1,7,9H2,(H,16,18)(H,20,21). The molecule has 0 atom stereocenters. The van der Waals surface area contributed by atoms with E-state index in [1.807, 2.05) is 0 Å². The Balaban J connectivity index is 2.54. The molecule has 0 unspecified atom stereocenters. The lowest BCUT2D eigenvalue weighted by Crippen LogP contribution is -2.29. The summed E-state index contributed by atoms with van der Waals surface area (Å²) in [5.41, 5.74) is -0.396. The minimum Gasteiger partial charge on any atom is -0.477 e. The fraction of sp³-hybridized carbons (Fsp3) is 0.133. The van der Waals surface area contributed by atoms with Crippen LogP contribution in [-0.2, 0) is 11.3 Å². The maximum atomic E-state index is 12.1.